The lowest BCUT2D eigenvalue weighted by Crippen LogP contribution is -2.58. The average molecular weight is 447 g/mol. The number of amides is 4. The van der Waals surface area contributed by atoms with E-state index in [0.29, 0.717) is 19.4 Å². The molecule has 13 heteroatoms. The minimum atomic E-state index is -1.63. The molecule has 0 aliphatic rings. The molecular weight excluding hydrogens is 412 g/mol. The van der Waals surface area contributed by atoms with E-state index in [2.05, 4.69) is 16.0 Å². The van der Waals surface area contributed by atoms with E-state index in [0.717, 1.165) is 0 Å². The molecule has 0 aromatic carbocycles. The van der Waals surface area contributed by atoms with E-state index < -0.39 is 59.9 Å². The molecule has 0 saturated heterocycles. The highest BCUT2D eigenvalue weighted by Gasteiger charge is 2.31. The Hall–Kier alpha value is -2.77. The van der Waals surface area contributed by atoms with Crippen LogP contribution in [0, 0.1) is 0 Å². The highest BCUT2D eigenvalue weighted by Crippen LogP contribution is 2.05. The molecule has 31 heavy (non-hydrogen) atoms. The Bertz CT molecular complexity index is 641. The first-order chi connectivity index (χ1) is 14.4. The molecule has 0 aliphatic carbocycles. The zero-order valence-corrected chi connectivity index (χ0v) is 17.8. The van der Waals surface area contributed by atoms with E-state index in [1.807, 2.05) is 0 Å². The summed E-state index contributed by atoms with van der Waals surface area (Å²) in [4.78, 5) is 59.6. The van der Waals surface area contributed by atoms with E-state index in [-0.39, 0.29) is 19.3 Å². The largest absolute Gasteiger partial charge is 0.480 e. The van der Waals surface area contributed by atoms with Crippen molar-refractivity contribution in [3.8, 4) is 0 Å². The van der Waals surface area contributed by atoms with Gasteiger partial charge in [0, 0.05) is 6.42 Å². The molecule has 0 aliphatic heterocycles. The topological polar surface area (TPSA) is 240 Å². The normalized spacial score (nSPS) is 15.6. The van der Waals surface area contributed by atoms with E-state index in [4.69, 9.17) is 22.3 Å². The second-order valence-corrected chi connectivity index (χ2v) is 7.27. The summed E-state index contributed by atoms with van der Waals surface area (Å²) in [5.74, 6) is -4.44. The summed E-state index contributed by atoms with van der Waals surface area (Å²) in [6, 6.07) is -4.86. The minimum absolute atomic E-state index is 0.212. The average Bonchev–Trinajstić information content (AvgIpc) is 2.67. The highest BCUT2D eigenvalue weighted by atomic mass is 16.4. The van der Waals surface area contributed by atoms with Crippen LogP contribution < -0.4 is 33.2 Å². The number of carboxylic acids is 1. The van der Waals surface area contributed by atoms with Crippen molar-refractivity contribution in [1.82, 2.24) is 16.0 Å². The van der Waals surface area contributed by atoms with Gasteiger partial charge in [-0.1, -0.05) is 0 Å². The maximum absolute atomic E-state index is 12.7. The zero-order valence-electron chi connectivity index (χ0n) is 17.8. The van der Waals surface area contributed by atoms with Gasteiger partial charge in [0.25, 0.3) is 0 Å². The van der Waals surface area contributed by atoms with Crippen LogP contribution >= 0.6 is 0 Å². The van der Waals surface area contributed by atoms with Crippen LogP contribution in [0.2, 0.25) is 0 Å². The molecule has 0 spiro atoms. The van der Waals surface area contributed by atoms with Crippen LogP contribution in [0.4, 0.5) is 0 Å². The number of hydrogen-bond acceptors (Lipinski definition) is 8. The standard InChI is InChI=1S/C18H34N6O7/c1-9(20)15(27)22-11(5-3-4-8-19)16(28)23-12(6-7-13(21)26)17(29)24-14(10(2)25)18(30)31/h9-12,14,25H,3-8,19-20H2,1-2H3,(H2,21,26)(H,22,27)(H,23,28)(H,24,29)(H,30,31). The number of carboxylic acid groups (broad SMARTS) is 1. The third kappa shape index (κ3) is 11.3. The number of aliphatic hydroxyl groups is 1. The third-order valence-corrected chi connectivity index (χ3v) is 4.35. The summed E-state index contributed by atoms with van der Waals surface area (Å²) in [5.41, 5.74) is 16.1. The Labute approximate surface area is 180 Å². The minimum Gasteiger partial charge on any atom is -0.480 e. The number of nitrogens with one attached hydrogen (secondary N) is 3. The van der Waals surface area contributed by atoms with Crippen LogP contribution in [-0.2, 0) is 24.0 Å². The molecule has 0 aromatic heterocycles. The number of carbonyl (C=O) groups excluding carboxylic acids is 4. The highest BCUT2D eigenvalue weighted by molar-refractivity contribution is 5.94. The van der Waals surface area contributed by atoms with Crippen LogP contribution in [0.15, 0.2) is 0 Å². The number of hydrogen-bond donors (Lipinski definition) is 8. The van der Waals surface area contributed by atoms with Gasteiger partial charge < -0.3 is 43.4 Å². The molecule has 0 aromatic rings. The van der Waals surface area contributed by atoms with Gasteiger partial charge in [-0.05, 0) is 46.1 Å². The molecule has 11 N–H and O–H groups in total. The Balaban J connectivity index is 5.46. The molecule has 0 rings (SSSR count). The van der Waals surface area contributed by atoms with Crippen molar-refractivity contribution in [3.63, 3.8) is 0 Å². The van der Waals surface area contributed by atoms with Gasteiger partial charge in [0.2, 0.25) is 23.6 Å². The number of aliphatic carboxylic acids is 1. The summed E-state index contributed by atoms with van der Waals surface area (Å²) in [5, 5.41) is 25.7. The van der Waals surface area contributed by atoms with Gasteiger partial charge in [-0.3, -0.25) is 19.2 Å². The smallest absolute Gasteiger partial charge is 0.328 e. The number of rotatable bonds is 15. The molecule has 5 unspecified atom stereocenters. The Morgan fingerprint density at radius 1 is 0.871 bits per heavy atom. The van der Waals surface area contributed by atoms with Crippen molar-refractivity contribution in [2.24, 2.45) is 17.2 Å². The molecule has 0 saturated carbocycles. The van der Waals surface area contributed by atoms with Crippen LogP contribution in [-0.4, -0.2) is 76.6 Å². The van der Waals surface area contributed by atoms with Gasteiger partial charge in [-0.2, -0.15) is 0 Å². The Morgan fingerprint density at radius 3 is 1.84 bits per heavy atom. The summed E-state index contributed by atoms with van der Waals surface area (Å²) < 4.78 is 0. The lowest BCUT2D eigenvalue weighted by atomic mass is 10.0. The quantitative estimate of drug-likeness (QED) is 0.117. The zero-order chi connectivity index (χ0) is 24.1. The first-order valence-corrected chi connectivity index (χ1v) is 9.96. The van der Waals surface area contributed by atoms with Crippen molar-refractivity contribution < 1.29 is 34.2 Å². The number of nitrogens with two attached hydrogens (primary N) is 3. The second kappa shape index (κ2) is 14.3. The van der Waals surface area contributed by atoms with Gasteiger partial charge in [0.15, 0.2) is 6.04 Å². The van der Waals surface area contributed by atoms with Crippen LogP contribution in [0.25, 0.3) is 0 Å². The first-order valence-electron chi connectivity index (χ1n) is 9.96. The predicted molar refractivity (Wildman–Crippen MR) is 110 cm³/mol. The van der Waals surface area contributed by atoms with Crippen LogP contribution in [0.1, 0.15) is 46.0 Å². The molecule has 0 heterocycles. The number of carbonyl (C=O) groups is 5. The Morgan fingerprint density at radius 2 is 1.39 bits per heavy atom. The van der Waals surface area contributed by atoms with Crippen molar-refractivity contribution in [2.75, 3.05) is 6.54 Å². The van der Waals surface area contributed by atoms with Crippen molar-refractivity contribution in [2.45, 2.75) is 76.2 Å². The van der Waals surface area contributed by atoms with Gasteiger partial charge in [-0.25, -0.2) is 4.79 Å². The lowest BCUT2D eigenvalue weighted by Gasteiger charge is -2.25. The maximum Gasteiger partial charge on any atom is 0.328 e. The fourth-order valence-electron chi connectivity index (χ4n) is 2.54. The van der Waals surface area contributed by atoms with E-state index in [9.17, 15) is 29.1 Å². The van der Waals surface area contributed by atoms with E-state index >= 15 is 0 Å². The number of aliphatic hydroxyl groups excluding tert-OH is 1. The van der Waals surface area contributed by atoms with Crippen molar-refractivity contribution >= 4 is 29.6 Å². The van der Waals surface area contributed by atoms with Gasteiger partial charge in [-0.15, -0.1) is 0 Å². The van der Waals surface area contributed by atoms with E-state index in [1.165, 1.54) is 13.8 Å². The molecule has 5 atom stereocenters. The summed E-state index contributed by atoms with van der Waals surface area (Å²) in [6.07, 6.45) is -0.571. The monoisotopic (exact) mass is 446 g/mol. The number of primary amides is 1. The fourth-order valence-corrected chi connectivity index (χ4v) is 2.54. The van der Waals surface area contributed by atoms with E-state index in [1.54, 1.807) is 0 Å². The molecule has 0 fully saturated rings. The lowest BCUT2D eigenvalue weighted by molar-refractivity contribution is -0.145. The molecular formula is C18H34N6O7. The number of unbranched alkanes of at least 4 members (excludes halogenated alkanes) is 1. The third-order valence-electron chi connectivity index (χ3n) is 4.35. The molecule has 13 nitrogen and oxygen atoms in total. The second-order valence-electron chi connectivity index (χ2n) is 7.27. The summed E-state index contributed by atoms with van der Waals surface area (Å²) in [7, 11) is 0. The van der Waals surface area contributed by atoms with Gasteiger partial charge in [0.05, 0.1) is 12.1 Å². The molecule has 0 bridgehead atoms. The fraction of sp³-hybridized carbons (Fsp3) is 0.722. The van der Waals surface area contributed by atoms with Gasteiger partial charge in [0.1, 0.15) is 12.1 Å². The van der Waals surface area contributed by atoms with Crippen LogP contribution in [0.3, 0.4) is 0 Å². The molecule has 0 radical (unpaired) electrons. The summed E-state index contributed by atoms with van der Waals surface area (Å²) >= 11 is 0. The maximum atomic E-state index is 12.7. The predicted octanol–water partition coefficient (Wildman–Crippen LogP) is -3.35. The first kappa shape index (κ1) is 28.2. The van der Waals surface area contributed by atoms with Crippen LogP contribution in [0.5, 0.6) is 0 Å². The SMILES string of the molecule is CC(N)C(=O)NC(CCCCN)C(=O)NC(CCC(N)=O)C(=O)NC(C(=O)O)C(C)O. The summed E-state index contributed by atoms with van der Waals surface area (Å²) in [6.45, 7) is 3.00. The molecule has 4 amide bonds. The van der Waals surface area contributed by atoms with Crippen molar-refractivity contribution in [3.05, 3.63) is 0 Å². The van der Waals surface area contributed by atoms with Gasteiger partial charge >= 0.3 is 5.97 Å². The molecule has 178 valence electrons. The Kier molecular flexibility index (Phi) is 13.0. The van der Waals surface area contributed by atoms with Crippen molar-refractivity contribution in [1.29, 1.82) is 0 Å².